The fourth-order valence-corrected chi connectivity index (χ4v) is 3.22. The normalized spacial score (nSPS) is 19.8. The second-order valence-corrected chi connectivity index (χ2v) is 7.33. The molecule has 5 heteroatoms. The van der Waals surface area contributed by atoms with Gasteiger partial charge in [0.15, 0.2) is 11.5 Å². The fraction of sp³-hybridized carbons (Fsp3) is 0.750. The van der Waals surface area contributed by atoms with Gasteiger partial charge in [-0.1, -0.05) is 27.7 Å². The lowest BCUT2D eigenvalue weighted by Crippen LogP contribution is -2.22. The zero-order chi connectivity index (χ0) is 16.0. The molecular weight excluding hydrogens is 266 g/mol. The summed E-state index contributed by atoms with van der Waals surface area (Å²) in [6.07, 6.45) is 1.64. The summed E-state index contributed by atoms with van der Waals surface area (Å²) in [5.74, 6) is 0.754. The molecule has 21 heavy (non-hydrogen) atoms. The number of carbonyl (C=O) groups is 1. The van der Waals surface area contributed by atoms with E-state index in [1.807, 2.05) is 14.1 Å². The van der Waals surface area contributed by atoms with Gasteiger partial charge < -0.3 is 9.64 Å². The molecule has 0 radical (unpaired) electrons. The molecule has 0 unspecified atom stereocenters. The highest BCUT2D eigenvalue weighted by Crippen LogP contribution is 2.69. The first-order valence-electron chi connectivity index (χ1n) is 7.43. The monoisotopic (exact) mass is 293 g/mol. The van der Waals surface area contributed by atoms with E-state index in [2.05, 4.69) is 37.7 Å². The summed E-state index contributed by atoms with van der Waals surface area (Å²) in [5, 5.41) is 4.33. The SMILES string of the molecule is COc1cnn(CCN(C)C)c1C(=O)C1C(C)(C)C1(C)C. The Morgan fingerprint density at radius 2 is 1.90 bits per heavy atom. The molecule has 1 heterocycles. The fourth-order valence-electron chi connectivity index (χ4n) is 3.22. The third-order valence-corrected chi connectivity index (χ3v) is 5.30. The van der Waals surface area contributed by atoms with Crippen molar-refractivity contribution < 1.29 is 9.53 Å². The minimum atomic E-state index is 0.0196. The van der Waals surface area contributed by atoms with Gasteiger partial charge in [0.25, 0.3) is 0 Å². The maximum atomic E-state index is 13.0. The van der Waals surface area contributed by atoms with Gasteiger partial charge in [0, 0.05) is 12.5 Å². The number of rotatable bonds is 6. The Bertz CT molecular complexity index is 530. The Hall–Kier alpha value is -1.36. The molecule has 0 bridgehead atoms. The molecule has 1 aromatic heterocycles. The Morgan fingerprint density at radius 1 is 1.33 bits per heavy atom. The summed E-state index contributed by atoms with van der Waals surface area (Å²) in [6, 6.07) is 0. The van der Waals surface area contributed by atoms with Crippen LogP contribution >= 0.6 is 0 Å². The molecule has 0 N–H and O–H groups in total. The lowest BCUT2D eigenvalue weighted by molar-refractivity contribution is 0.0930. The Balaban J connectivity index is 2.30. The highest BCUT2D eigenvalue weighted by atomic mass is 16.5. The summed E-state index contributed by atoms with van der Waals surface area (Å²) in [7, 11) is 5.61. The van der Waals surface area contributed by atoms with Crippen LogP contribution in [0.25, 0.3) is 0 Å². The van der Waals surface area contributed by atoms with Crippen molar-refractivity contribution in [2.45, 2.75) is 34.2 Å². The Labute approximate surface area is 127 Å². The van der Waals surface area contributed by atoms with Crippen molar-refractivity contribution in [1.82, 2.24) is 14.7 Å². The van der Waals surface area contributed by atoms with Crippen molar-refractivity contribution >= 4 is 5.78 Å². The van der Waals surface area contributed by atoms with E-state index in [4.69, 9.17) is 4.74 Å². The largest absolute Gasteiger partial charge is 0.493 e. The molecule has 0 aromatic carbocycles. The van der Waals surface area contributed by atoms with Crippen molar-refractivity contribution in [2.75, 3.05) is 27.7 Å². The van der Waals surface area contributed by atoms with Gasteiger partial charge in [0.1, 0.15) is 5.69 Å². The molecule has 0 aliphatic heterocycles. The zero-order valence-corrected chi connectivity index (χ0v) is 14.2. The highest BCUT2D eigenvalue weighted by molar-refractivity contribution is 6.01. The lowest BCUT2D eigenvalue weighted by Gasteiger charge is -2.12. The maximum Gasteiger partial charge on any atom is 0.188 e. The summed E-state index contributed by atoms with van der Waals surface area (Å²) in [4.78, 5) is 15.1. The molecule has 118 valence electrons. The number of ketones is 1. The van der Waals surface area contributed by atoms with Crippen LogP contribution in [0, 0.1) is 16.7 Å². The van der Waals surface area contributed by atoms with Crippen LogP contribution in [-0.4, -0.2) is 48.2 Å². The van der Waals surface area contributed by atoms with Gasteiger partial charge in [0.2, 0.25) is 0 Å². The number of likely N-dealkylation sites (N-methyl/N-ethyl adjacent to an activating group) is 1. The molecule has 2 rings (SSSR count). The number of Topliss-reactive ketones (excluding diaryl/α,β-unsaturated/α-hetero) is 1. The van der Waals surface area contributed by atoms with Crippen LogP contribution in [0.15, 0.2) is 6.20 Å². The maximum absolute atomic E-state index is 13.0. The van der Waals surface area contributed by atoms with Gasteiger partial charge in [-0.25, -0.2) is 0 Å². The van der Waals surface area contributed by atoms with Crippen molar-refractivity contribution in [3.63, 3.8) is 0 Å². The van der Waals surface area contributed by atoms with E-state index in [0.717, 1.165) is 6.54 Å². The molecule has 0 saturated heterocycles. The summed E-state index contributed by atoms with van der Waals surface area (Å²) in [6.45, 7) is 10.1. The van der Waals surface area contributed by atoms with E-state index in [1.165, 1.54) is 0 Å². The molecule has 5 nitrogen and oxygen atoms in total. The number of aromatic nitrogens is 2. The smallest absolute Gasteiger partial charge is 0.188 e. The van der Waals surface area contributed by atoms with Crippen LogP contribution in [0.2, 0.25) is 0 Å². The predicted octanol–water partition coefficient (Wildman–Crippen LogP) is 2.32. The molecule has 1 aliphatic rings. The van der Waals surface area contributed by atoms with Crippen LogP contribution < -0.4 is 4.74 Å². The predicted molar refractivity (Wildman–Crippen MR) is 82.7 cm³/mol. The standard InChI is InChI=1S/C16H27N3O2/c1-15(2)14(16(15,3)4)13(20)12-11(21-7)10-17-19(12)9-8-18(5)6/h10,14H,8-9H2,1-7H3. The first kappa shape index (κ1) is 16.0. The number of carbonyl (C=O) groups excluding carboxylic acids is 1. The topological polar surface area (TPSA) is 47.4 Å². The van der Waals surface area contributed by atoms with Crippen molar-refractivity contribution in [3.8, 4) is 5.75 Å². The van der Waals surface area contributed by atoms with Gasteiger partial charge in [-0.05, 0) is 24.9 Å². The zero-order valence-electron chi connectivity index (χ0n) is 14.2. The van der Waals surface area contributed by atoms with Gasteiger partial charge in [0.05, 0.1) is 19.9 Å². The van der Waals surface area contributed by atoms with Crippen molar-refractivity contribution in [1.29, 1.82) is 0 Å². The van der Waals surface area contributed by atoms with Crippen LogP contribution in [0.1, 0.15) is 38.2 Å². The van der Waals surface area contributed by atoms with Crippen LogP contribution in [-0.2, 0) is 6.54 Å². The van der Waals surface area contributed by atoms with E-state index >= 15 is 0 Å². The average Bonchev–Trinajstić information content (AvgIpc) is 2.72. The van der Waals surface area contributed by atoms with E-state index in [0.29, 0.717) is 18.0 Å². The van der Waals surface area contributed by atoms with E-state index < -0.39 is 0 Å². The minimum Gasteiger partial charge on any atom is -0.493 e. The van der Waals surface area contributed by atoms with Crippen LogP contribution in [0.5, 0.6) is 5.75 Å². The summed E-state index contributed by atoms with van der Waals surface area (Å²) < 4.78 is 7.13. The van der Waals surface area contributed by atoms with Gasteiger partial charge >= 0.3 is 0 Å². The molecule has 0 atom stereocenters. The second-order valence-electron chi connectivity index (χ2n) is 7.33. The third kappa shape index (κ3) is 2.48. The second kappa shape index (κ2) is 5.13. The van der Waals surface area contributed by atoms with E-state index in [-0.39, 0.29) is 22.5 Å². The van der Waals surface area contributed by atoms with E-state index in [9.17, 15) is 4.79 Å². The molecule has 1 fully saturated rings. The molecule has 1 aliphatic carbocycles. The minimum absolute atomic E-state index is 0.0196. The molecular formula is C16H27N3O2. The molecule has 1 saturated carbocycles. The summed E-state index contributed by atoms with van der Waals surface area (Å²) >= 11 is 0. The highest BCUT2D eigenvalue weighted by Gasteiger charge is 2.68. The number of hydrogen-bond donors (Lipinski definition) is 0. The van der Waals surface area contributed by atoms with E-state index in [1.54, 1.807) is 18.0 Å². The lowest BCUT2D eigenvalue weighted by atomic mass is 10.0. The first-order chi connectivity index (χ1) is 9.64. The average molecular weight is 293 g/mol. The van der Waals surface area contributed by atoms with Crippen molar-refractivity contribution in [3.05, 3.63) is 11.9 Å². The number of methoxy groups -OCH3 is 1. The number of nitrogens with zero attached hydrogens (tertiary/aromatic N) is 3. The Morgan fingerprint density at radius 3 is 2.33 bits per heavy atom. The van der Waals surface area contributed by atoms with Crippen LogP contribution in [0.4, 0.5) is 0 Å². The number of hydrogen-bond acceptors (Lipinski definition) is 4. The van der Waals surface area contributed by atoms with Crippen LogP contribution in [0.3, 0.4) is 0 Å². The summed E-state index contributed by atoms with van der Waals surface area (Å²) in [5.41, 5.74) is 0.653. The first-order valence-corrected chi connectivity index (χ1v) is 7.43. The van der Waals surface area contributed by atoms with Gasteiger partial charge in [-0.2, -0.15) is 5.10 Å². The molecule has 0 amide bonds. The Kier molecular flexibility index (Phi) is 3.91. The number of ether oxygens (including phenoxy) is 1. The van der Waals surface area contributed by atoms with Gasteiger partial charge in [-0.3, -0.25) is 9.48 Å². The third-order valence-electron chi connectivity index (χ3n) is 5.30. The quantitative estimate of drug-likeness (QED) is 0.755. The van der Waals surface area contributed by atoms with Gasteiger partial charge in [-0.15, -0.1) is 0 Å². The molecule has 0 spiro atoms. The molecule has 1 aromatic rings. The van der Waals surface area contributed by atoms with Crippen molar-refractivity contribution in [2.24, 2.45) is 16.7 Å².